The molecule has 0 fully saturated rings. The minimum absolute atomic E-state index is 0.0720. The van der Waals surface area contributed by atoms with E-state index in [9.17, 15) is 0 Å². The molecular formula is C16H19N3S. The van der Waals surface area contributed by atoms with Crippen molar-refractivity contribution in [3.8, 4) is 0 Å². The van der Waals surface area contributed by atoms with Crippen LogP contribution in [-0.4, -0.2) is 10.1 Å². The van der Waals surface area contributed by atoms with Gasteiger partial charge in [0.2, 0.25) is 0 Å². The van der Waals surface area contributed by atoms with Crippen LogP contribution in [0.15, 0.2) is 42.6 Å². The zero-order valence-electron chi connectivity index (χ0n) is 12.0. The molecule has 0 aliphatic rings. The second kappa shape index (κ2) is 6.48. The molecule has 1 atom stereocenters. The molecule has 0 unspecified atom stereocenters. The molecule has 1 aromatic heterocycles. The number of hydrogen-bond donors (Lipinski definition) is 2. The Hall–Kier alpha value is -1.94. The second-order valence-electron chi connectivity index (χ2n) is 4.87. The van der Waals surface area contributed by atoms with Gasteiger partial charge in [-0.3, -0.25) is 4.98 Å². The highest BCUT2D eigenvalue weighted by atomic mass is 32.1. The van der Waals surface area contributed by atoms with Crippen molar-refractivity contribution in [2.45, 2.75) is 26.8 Å². The van der Waals surface area contributed by atoms with E-state index < -0.39 is 0 Å². The number of anilines is 1. The first-order valence-corrected chi connectivity index (χ1v) is 7.03. The molecule has 0 spiro atoms. The minimum atomic E-state index is 0.0720. The van der Waals surface area contributed by atoms with Crippen molar-refractivity contribution < 1.29 is 0 Å². The van der Waals surface area contributed by atoms with Gasteiger partial charge in [-0.2, -0.15) is 0 Å². The van der Waals surface area contributed by atoms with Crippen LogP contribution in [0, 0.1) is 13.8 Å². The third kappa shape index (κ3) is 3.78. The van der Waals surface area contributed by atoms with Crippen LogP contribution < -0.4 is 10.6 Å². The quantitative estimate of drug-likeness (QED) is 0.842. The molecule has 2 aromatic rings. The van der Waals surface area contributed by atoms with Gasteiger partial charge in [-0.25, -0.2) is 0 Å². The highest BCUT2D eigenvalue weighted by molar-refractivity contribution is 7.80. The van der Waals surface area contributed by atoms with E-state index in [-0.39, 0.29) is 6.04 Å². The SMILES string of the molecule is Cc1ccc(NC(=S)N[C@H](C)c2ccccn2)cc1C. The lowest BCUT2D eigenvalue weighted by molar-refractivity contribution is 0.696. The highest BCUT2D eigenvalue weighted by Gasteiger charge is 2.07. The van der Waals surface area contributed by atoms with Gasteiger partial charge in [-0.05, 0) is 68.4 Å². The summed E-state index contributed by atoms with van der Waals surface area (Å²) in [5.74, 6) is 0. The van der Waals surface area contributed by atoms with Gasteiger partial charge >= 0.3 is 0 Å². The van der Waals surface area contributed by atoms with E-state index in [1.165, 1.54) is 11.1 Å². The number of thiocarbonyl (C=S) groups is 1. The molecule has 4 heteroatoms. The van der Waals surface area contributed by atoms with Gasteiger partial charge in [-0.1, -0.05) is 12.1 Å². The Morgan fingerprint density at radius 2 is 1.95 bits per heavy atom. The first-order chi connectivity index (χ1) is 9.56. The molecule has 0 amide bonds. The summed E-state index contributed by atoms with van der Waals surface area (Å²) in [5, 5.41) is 7.04. The molecule has 0 aliphatic heterocycles. The molecular weight excluding hydrogens is 266 g/mol. The lowest BCUT2D eigenvalue weighted by Gasteiger charge is -2.17. The smallest absolute Gasteiger partial charge is 0.171 e. The maximum atomic E-state index is 5.34. The number of pyridine rings is 1. The van der Waals surface area contributed by atoms with Crippen LogP contribution >= 0.6 is 12.2 Å². The maximum absolute atomic E-state index is 5.34. The largest absolute Gasteiger partial charge is 0.354 e. The van der Waals surface area contributed by atoms with E-state index in [0.717, 1.165) is 11.4 Å². The van der Waals surface area contributed by atoms with Crippen molar-refractivity contribution in [3.63, 3.8) is 0 Å². The second-order valence-corrected chi connectivity index (χ2v) is 5.28. The van der Waals surface area contributed by atoms with Crippen LogP contribution in [0.25, 0.3) is 0 Å². The average molecular weight is 285 g/mol. The van der Waals surface area contributed by atoms with Gasteiger partial charge in [0, 0.05) is 11.9 Å². The normalized spacial score (nSPS) is 11.8. The molecule has 1 heterocycles. The molecule has 0 saturated heterocycles. The number of aromatic nitrogens is 1. The van der Waals surface area contributed by atoms with Gasteiger partial charge in [0.1, 0.15) is 0 Å². The summed E-state index contributed by atoms with van der Waals surface area (Å²) in [6.45, 7) is 6.23. The zero-order chi connectivity index (χ0) is 14.5. The maximum Gasteiger partial charge on any atom is 0.171 e. The Labute approximate surface area is 125 Å². The van der Waals surface area contributed by atoms with Gasteiger partial charge in [0.25, 0.3) is 0 Å². The van der Waals surface area contributed by atoms with Crippen LogP contribution in [-0.2, 0) is 0 Å². The predicted molar refractivity (Wildman–Crippen MR) is 87.9 cm³/mol. The number of nitrogens with zero attached hydrogens (tertiary/aromatic N) is 1. The van der Waals surface area contributed by atoms with Gasteiger partial charge < -0.3 is 10.6 Å². The number of aryl methyl sites for hydroxylation is 2. The van der Waals surface area contributed by atoms with E-state index in [0.29, 0.717) is 5.11 Å². The van der Waals surface area contributed by atoms with E-state index in [4.69, 9.17) is 12.2 Å². The Kier molecular flexibility index (Phi) is 4.69. The van der Waals surface area contributed by atoms with Crippen molar-refractivity contribution in [2.75, 3.05) is 5.32 Å². The van der Waals surface area contributed by atoms with E-state index in [1.54, 1.807) is 6.20 Å². The van der Waals surface area contributed by atoms with Crippen molar-refractivity contribution >= 4 is 23.0 Å². The molecule has 0 aliphatic carbocycles. The molecule has 104 valence electrons. The Morgan fingerprint density at radius 1 is 1.15 bits per heavy atom. The van der Waals surface area contributed by atoms with Crippen LogP contribution in [0.3, 0.4) is 0 Å². The van der Waals surface area contributed by atoms with Crippen molar-refractivity contribution in [1.29, 1.82) is 0 Å². The van der Waals surface area contributed by atoms with Crippen molar-refractivity contribution in [2.24, 2.45) is 0 Å². The summed E-state index contributed by atoms with van der Waals surface area (Å²) in [5.41, 5.74) is 4.49. The third-order valence-corrected chi connectivity index (χ3v) is 3.46. The number of hydrogen-bond acceptors (Lipinski definition) is 2. The minimum Gasteiger partial charge on any atom is -0.354 e. The molecule has 0 saturated carbocycles. The topological polar surface area (TPSA) is 37.0 Å². The standard InChI is InChI=1S/C16H19N3S/c1-11-7-8-14(10-12(11)2)19-16(20)18-13(3)15-6-4-5-9-17-15/h4-10,13H,1-3H3,(H2,18,19,20)/t13-/m1/s1. The number of rotatable bonds is 3. The summed E-state index contributed by atoms with van der Waals surface area (Å²) < 4.78 is 0. The van der Waals surface area contributed by atoms with Crippen molar-refractivity contribution in [3.05, 3.63) is 59.4 Å². The predicted octanol–water partition coefficient (Wildman–Crippen LogP) is 3.75. The fraction of sp³-hybridized carbons (Fsp3) is 0.250. The molecule has 0 bridgehead atoms. The molecule has 20 heavy (non-hydrogen) atoms. The summed E-state index contributed by atoms with van der Waals surface area (Å²) in [6.07, 6.45) is 1.79. The fourth-order valence-corrected chi connectivity index (χ4v) is 2.18. The third-order valence-electron chi connectivity index (χ3n) is 3.24. The molecule has 2 rings (SSSR count). The van der Waals surface area contributed by atoms with Crippen LogP contribution in [0.2, 0.25) is 0 Å². The molecule has 0 radical (unpaired) electrons. The monoisotopic (exact) mass is 285 g/mol. The van der Waals surface area contributed by atoms with E-state index in [1.807, 2.05) is 31.2 Å². The van der Waals surface area contributed by atoms with E-state index in [2.05, 4.69) is 41.6 Å². The number of benzene rings is 1. The van der Waals surface area contributed by atoms with Crippen LogP contribution in [0.4, 0.5) is 5.69 Å². The van der Waals surface area contributed by atoms with Gasteiger partial charge in [-0.15, -0.1) is 0 Å². The summed E-state index contributed by atoms with van der Waals surface area (Å²) in [4.78, 5) is 4.31. The lowest BCUT2D eigenvalue weighted by atomic mass is 10.1. The first kappa shape index (κ1) is 14.5. The van der Waals surface area contributed by atoms with Gasteiger partial charge in [0.05, 0.1) is 11.7 Å². The van der Waals surface area contributed by atoms with Crippen molar-refractivity contribution in [1.82, 2.24) is 10.3 Å². The van der Waals surface area contributed by atoms with Crippen LogP contribution in [0.1, 0.15) is 29.8 Å². The fourth-order valence-electron chi connectivity index (χ4n) is 1.89. The molecule has 1 aromatic carbocycles. The number of nitrogens with one attached hydrogen (secondary N) is 2. The zero-order valence-corrected chi connectivity index (χ0v) is 12.8. The summed E-state index contributed by atoms with van der Waals surface area (Å²) in [7, 11) is 0. The van der Waals surface area contributed by atoms with E-state index >= 15 is 0 Å². The average Bonchev–Trinajstić information content (AvgIpc) is 2.44. The molecule has 3 nitrogen and oxygen atoms in total. The summed E-state index contributed by atoms with van der Waals surface area (Å²) in [6, 6.07) is 12.1. The lowest BCUT2D eigenvalue weighted by Crippen LogP contribution is -2.31. The molecule has 2 N–H and O–H groups in total. The Morgan fingerprint density at radius 3 is 2.60 bits per heavy atom. The van der Waals surface area contributed by atoms with Crippen LogP contribution in [0.5, 0.6) is 0 Å². The Balaban J connectivity index is 1.97. The van der Waals surface area contributed by atoms with Gasteiger partial charge in [0.15, 0.2) is 5.11 Å². The highest BCUT2D eigenvalue weighted by Crippen LogP contribution is 2.14. The first-order valence-electron chi connectivity index (χ1n) is 6.62. The Bertz CT molecular complexity index is 596. The summed E-state index contributed by atoms with van der Waals surface area (Å²) >= 11 is 5.34.